The van der Waals surface area contributed by atoms with Crippen LogP contribution in [0.3, 0.4) is 0 Å². The summed E-state index contributed by atoms with van der Waals surface area (Å²) in [5.41, 5.74) is 0.930. The van der Waals surface area contributed by atoms with Crippen LogP contribution >= 0.6 is 0 Å². The Kier molecular flexibility index (Phi) is 5.61. The predicted octanol–water partition coefficient (Wildman–Crippen LogP) is 2.35. The van der Waals surface area contributed by atoms with E-state index >= 15 is 0 Å². The number of ether oxygens (including phenoxy) is 1. The van der Waals surface area contributed by atoms with Gasteiger partial charge in [-0.15, -0.1) is 0 Å². The average molecular weight is 312 g/mol. The fourth-order valence-electron chi connectivity index (χ4n) is 2.76. The van der Waals surface area contributed by atoms with Crippen molar-refractivity contribution < 1.29 is 13.2 Å². The van der Waals surface area contributed by atoms with Gasteiger partial charge in [0, 0.05) is 19.3 Å². The SMILES string of the molecule is CCNS(=O)(=O)c1ccc(NC2CCCCC2OC)cc1. The fourth-order valence-corrected chi connectivity index (χ4v) is 3.80. The van der Waals surface area contributed by atoms with Crippen LogP contribution in [0.25, 0.3) is 0 Å². The zero-order valence-electron chi connectivity index (χ0n) is 12.6. The molecule has 118 valence electrons. The molecule has 5 nitrogen and oxygen atoms in total. The van der Waals surface area contributed by atoms with E-state index in [0.717, 1.165) is 18.5 Å². The Labute approximate surface area is 127 Å². The summed E-state index contributed by atoms with van der Waals surface area (Å²) in [7, 11) is -1.63. The van der Waals surface area contributed by atoms with Gasteiger partial charge in [0.1, 0.15) is 0 Å². The first-order chi connectivity index (χ1) is 10.1. The molecule has 1 aliphatic rings. The lowest BCUT2D eigenvalue weighted by molar-refractivity contribution is 0.0606. The second kappa shape index (κ2) is 7.24. The Morgan fingerprint density at radius 3 is 2.48 bits per heavy atom. The number of rotatable bonds is 6. The first-order valence-electron chi connectivity index (χ1n) is 7.46. The van der Waals surface area contributed by atoms with Gasteiger partial charge < -0.3 is 10.1 Å². The Morgan fingerprint density at radius 1 is 1.19 bits per heavy atom. The zero-order valence-corrected chi connectivity index (χ0v) is 13.4. The van der Waals surface area contributed by atoms with E-state index in [-0.39, 0.29) is 6.10 Å². The molecule has 2 unspecified atom stereocenters. The predicted molar refractivity (Wildman–Crippen MR) is 84.0 cm³/mol. The molecule has 2 N–H and O–H groups in total. The number of methoxy groups -OCH3 is 1. The van der Waals surface area contributed by atoms with E-state index in [9.17, 15) is 8.42 Å². The third kappa shape index (κ3) is 4.18. The van der Waals surface area contributed by atoms with Crippen LogP contribution in [0.5, 0.6) is 0 Å². The minimum Gasteiger partial charge on any atom is -0.380 e. The summed E-state index contributed by atoms with van der Waals surface area (Å²) in [6.45, 7) is 2.15. The average Bonchev–Trinajstić information content (AvgIpc) is 2.48. The van der Waals surface area contributed by atoms with Crippen molar-refractivity contribution in [2.45, 2.75) is 49.6 Å². The van der Waals surface area contributed by atoms with Crippen molar-refractivity contribution in [3.8, 4) is 0 Å². The minimum atomic E-state index is -3.38. The molecule has 0 bridgehead atoms. The van der Waals surface area contributed by atoms with E-state index in [1.807, 2.05) is 12.1 Å². The molecule has 0 spiro atoms. The van der Waals surface area contributed by atoms with Gasteiger partial charge >= 0.3 is 0 Å². The molecule has 21 heavy (non-hydrogen) atoms. The summed E-state index contributed by atoms with van der Waals surface area (Å²) in [5, 5.41) is 3.45. The third-order valence-electron chi connectivity index (χ3n) is 3.86. The van der Waals surface area contributed by atoms with Gasteiger partial charge in [0.25, 0.3) is 0 Å². The smallest absolute Gasteiger partial charge is 0.240 e. The van der Waals surface area contributed by atoms with E-state index in [2.05, 4.69) is 10.0 Å². The van der Waals surface area contributed by atoms with E-state index in [4.69, 9.17) is 4.74 Å². The second-order valence-electron chi connectivity index (χ2n) is 5.34. The summed E-state index contributed by atoms with van der Waals surface area (Å²) in [6, 6.07) is 7.17. The Bertz CT molecular complexity index is 543. The molecule has 0 aliphatic heterocycles. The van der Waals surface area contributed by atoms with Crippen molar-refractivity contribution >= 4 is 15.7 Å². The Morgan fingerprint density at radius 2 is 1.86 bits per heavy atom. The van der Waals surface area contributed by atoms with Gasteiger partial charge in [-0.25, -0.2) is 13.1 Å². The summed E-state index contributed by atoms with van der Waals surface area (Å²) >= 11 is 0. The molecule has 1 aliphatic carbocycles. The first-order valence-corrected chi connectivity index (χ1v) is 8.94. The van der Waals surface area contributed by atoms with Crippen LogP contribution in [0.2, 0.25) is 0 Å². The van der Waals surface area contributed by atoms with Crippen LogP contribution in [0.15, 0.2) is 29.2 Å². The van der Waals surface area contributed by atoms with Gasteiger partial charge in [-0.05, 0) is 37.1 Å². The van der Waals surface area contributed by atoms with Crippen molar-refractivity contribution in [1.82, 2.24) is 4.72 Å². The van der Waals surface area contributed by atoms with Crippen LogP contribution in [-0.2, 0) is 14.8 Å². The molecule has 1 fully saturated rings. The number of hydrogen-bond acceptors (Lipinski definition) is 4. The third-order valence-corrected chi connectivity index (χ3v) is 5.42. The van der Waals surface area contributed by atoms with Gasteiger partial charge in [0.15, 0.2) is 0 Å². The highest BCUT2D eigenvalue weighted by Gasteiger charge is 2.24. The summed E-state index contributed by atoms with van der Waals surface area (Å²) in [4.78, 5) is 0.293. The molecule has 2 rings (SSSR count). The highest BCUT2D eigenvalue weighted by Crippen LogP contribution is 2.24. The Balaban J connectivity index is 2.05. The van der Waals surface area contributed by atoms with Crippen molar-refractivity contribution in [2.24, 2.45) is 0 Å². The van der Waals surface area contributed by atoms with Crippen molar-refractivity contribution in [2.75, 3.05) is 19.0 Å². The maximum atomic E-state index is 11.9. The molecule has 0 saturated heterocycles. The lowest BCUT2D eigenvalue weighted by Crippen LogP contribution is -2.37. The second-order valence-corrected chi connectivity index (χ2v) is 7.10. The Hall–Kier alpha value is -1.11. The van der Waals surface area contributed by atoms with E-state index < -0.39 is 10.0 Å². The minimum absolute atomic E-state index is 0.226. The van der Waals surface area contributed by atoms with Crippen LogP contribution in [0.1, 0.15) is 32.6 Å². The maximum absolute atomic E-state index is 11.9. The summed E-state index contributed by atoms with van der Waals surface area (Å²) in [6.07, 6.45) is 4.78. The van der Waals surface area contributed by atoms with Crippen molar-refractivity contribution in [3.63, 3.8) is 0 Å². The molecule has 1 aromatic rings. The molecule has 1 saturated carbocycles. The van der Waals surface area contributed by atoms with Gasteiger partial charge in [-0.2, -0.15) is 0 Å². The monoisotopic (exact) mass is 312 g/mol. The summed E-state index contributed by atoms with van der Waals surface area (Å²) in [5.74, 6) is 0. The molecular formula is C15H24N2O3S. The topological polar surface area (TPSA) is 67.4 Å². The van der Waals surface area contributed by atoms with E-state index in [0.29, 0.717) is 17.5 Å². The van der Waals surface area contributed by atoms with Crippen LogP contribution in [-0.4, -0.2) is 34.2 Å². The van der Waals surface area contributed by atoms with E-state index in [1.165, 1.54) is 12.8 Å². The van der Waals surface area contributed by atoms with Gasteiger partial charge in [0.05, 0.1) is 17.0 Å². The molecule has 0 heterocycles. The van der Waals surface area contributed by atoms with E-state index in [1.54, 1.807) is 26.2 Å². The van der Waals surface area contributed by atoms with Gasteiger partial charge in [0.2, 0.25) is 10.0 Å². The number of nitrogens with one attached hydrogen (secondary N) is 2. The number of benzene rings is 1. The highest BCUT2D eigenvalue weighted by molar-refractivity contribution is 7.89. The van der Waals surface area contributed by atoms with Crippen molar-refractivity contribution in [3.05, 3.63) is 24.3 Å². The lowest BCUT2D eigenvalue weighted by atomic mass is 9.92. The highest BCUT2D eigenvalue weighted by atomic mass is 32.2. The van der Waals surface area contributed by atoms with Crippen LogP contribution in [0.4, 0.5) is 5.69 Å². The van der Waals surface area contributed by atoms with Gasteiger partial charge in [-0.3, -0.25) is 0 Å². The molecular weight excluding hydrogens is 288 g/mol. The molecule has 0 amide bonds. The molecule has 0 aromatic heterocycles. The maximum Gasteiger partial charge on any atom is 0.240 e. The molecule has 1 aromatic carbocycles. The largest absolute Gasteiger partial charge is 0.380 e. The number of hydrogen-bond donors (Lipinski definition) is 2. The van der Waals surface area contributed by atoms with Gasteiger partial charge in [-0.1, -0.05) is 19.8 Å². The first kappa shape index (κ1) is 16.3. The lowest BCUT2D eigenvalue weighted by Gasteiger charge is -2.31. The normalized spacial score (nSPS) is 23.0. The molecule has 0 radical (unpaired) electrons. The zero-order chi connectivity index (χ0) is 15.3. The number of sulfonamides is 1. The summed E-state index contributed by atoms with van der Waals surface area (Å²) < 4.78 is 31.8. The fraction of sp³-hybridized carbons (Fsp3) is 0.600. The van der Waals surface area contributed by atoms with Crippen LogP contribution < -0.4 is 10.0 Å². The number of anilines is 1. The quantitative estimate of drug-likeness (QED) is 0.846. The van der Waals surface area contributed by atoms with Crippen molar-refractivity contribution in [1.29, 1.82) is 0 Å². The van der Waals surface area contributed by atoms with Crippen LogP contribution in [0, 0.1) is 0 Å². The molecule has 6 heteroatoms. The molecule has 2 atom stereocenters. The standard InChI is InChI=1S/C15H24N2O3S/c1-3-16-21(18,19)13-10-8-12(9-11-13)17-14-6-4-5-7-15(14)20-2/h8-11,14-17H,3-7H2,1-2H3.